The number of ether oxygens (including phenoxy) is 1. The molecule has 0 bridgehead atoms. The van der Waals surface area contributed by atoms with Gasteiger partial charge in [-0.2, -0.15) is 0 Å². The van der Waals surface area contributed by atoms with E-state index in [0.29, 0.717) is 0 Å². The van der Waals surface area contributed by atoms with Gasteiger partial charge in [0.25, 0.3) is 0 Å². The maximum absolute atomic E-state index is 12.0. The SMILES string of the molecule is [2H]c1c([2H])c(C(=O)OCc2ccccc2)c([2H])c([2H])c1O. The van der Waals surface area contributed by atoms with Crippen molar-refractivity contribution in [3.8, 4) is 5.75 Å². The summed E-state index contributed by atoms with van der Waals surface area (Å²) in [6, 6.07) is 6.30. The Kier molecular flexibility index (Phi) is 2.16. The molecule has 0 unspecified atom stereocenters. The standard InChI is InChI=1S/C14H12O3/c15-13-8-6-12(7-9-13)14(16)17-10-11-4-2-1-3-5-11/h1-9,15H,10H2/i6D,7D,8D,9D. The van der Waals surface area contributed by atoms with Crippen LogP contribution in [-0.2, 0) is 11.3 Å². The summed E-state index contributed by atoms with van der Waals surface area (Å²) in [5.74, 6) is -1.75. The number of carbonyl (C=O) groups is 1. The Morgan fingerprint density at radius 1 is 1.18 bits per heavy atom. The van der Waals surface area contributed by atoms with E-state index >= 15 is 0 Å². The van der Waals surface area contributed by atoms with E-state index in [9.17, 15) is 9.90 Å². The summed E-state index contributed by atoms with van der Waals surface area (Å²) < 4.78 is 35.2. The fraction of sp³-hybridized carbons (Fsp3) is 0.0714. The van der Waals surface area contributed by atoms with Crippen LogP contribution in [0, 0.1) is 0 Å². The van der Waals surface area contributed by atoms with Gasteiger partial charge in [-0.1, -0.05) is 30.3 Å². The number of benzene rings is 2. The lowest BCUT2D eigenvalue weighted by Crippen LogP contribution is -2.04. The van der Waals surface area contributed by atoms with E-state index in [1.165, 1.54) is 0 Å². The van der Waals surface area contributed by atoms with Crippen molar-refractivity contribution in [2.75, 3.05) is 0 Å². The van der Waals surface area contributed by atoms with Crippen molar-refractivity contribution < 1.29 is 20.1 Å². The van der Waals surface area contributed by atoms with Crippen LogP contribution in [0.25, 0.3) is 0 Å². The van der Waals surface area contributed by atoms with Gasteiger partial charge in [-0.3, -0.25) is 0 Å². The second-order valence-electron chi connectivity index (χ2n) is 3.29. The molecule has 2 aromatic carbocycles. The van der Waals surface area contributed by atoms with E-state index in [1.54, 1.807) is 24.3 Å². The first kappa shape index (κ1) is 7.12. The summed E-state index contributed by atoms with van der Waals surface area (Å²) in [5.41, 5.74) is 0.249. The van der Waals surface area contributed by atoms with Gasteiger partial charge in [-0.25, -0.2) is 4.79 Å². The second kappa shape index (κ2) is 5.16. The van der Waals surface area contributed by atoms with Gasteiger partial charge >= 0.3 is 5.97 Å². The van der Waals surface area contributed by atoms with Gasteiger partial charge in [0.2, 0.25) is 0 Å². The van der Waals surface area contributed by atoms with Crippen LogP contribution in [0.2, 0.25) is 0 Å². The average molecular weight is 232 g/mol. The minimum Gasteiger partial charge on any atom is -0.508 e. The number of rotatable bonds is 3. The van der Waals surface area contributed by atoms with E-state index in [0.717, 1.165) is 5.56 Å². The number of hydrogen-bond acceptors (Lipinski definition) is 3. The maximum Gasteiger partial charge on any atom is 0.338 e. The zero-order valence-corrected chi connectivity index (χ0v) is 8.86. The van der Waals surface area contributed by atoms with Crippen LogP contribution in [0.4, 0.5) is 0 Å². The van der Waals surface area contributed by atoms with E-state index in [4.69, 9.17) is 10.2 Å². The first-order valence-corrected chi connectivity index (χ1v) is 4.93. The molecule has 0 saturated carbocycles. The highest BCUT2D eigenvalue weighted by Crippen LogP contribution is 2.11. The lowest BCUT2D eigenvalue weighted by Gasteiger charge is -2.04. The number of phenols is 1. The molecule has 0 fully saturated rings. The van der Waals surface area contributed by atoms with E-state index in [2.05, 4.69) is 0 Å². The largest absolute Gasteiger partial charge is 0.508 e. The fourth-order valence-electron chi connectivity index (χ4n) is 1.20. The molecular weight excluding hydrogens is 216 g/mol. The third kappa shape index (κ3) is 3.08. The Balaban J connectivity index is 2.28. The van der Waals surface area contributed by atoms with Crippen LogP contribution in [0.5, 0.6) is 5.75 Å². The summed E-state index contributed by atoms with van der Waals surface area (Å²) in [7, 11) is 0. The summed E-state index contributed by atoms with van der Waals surface area (Å²) in [6.45, 7) is -0.0416. The summed E-state index contributed by atoms with van der Waals surface area (Å²) in [6.07, 6.45) is 0. The number of phenolic OH excluding ortho intramolecular Hbond substituents is 1. The normalized spacial score (nSPS) is 13.2. The molecule has 2 aromatic rings. The lowest BCUT2D eigenvalue weighted by molar-refractivity contribution is 0.0472. The van der Waals surface area contributed by atoms with Crippen LogP contribution in [-0.4, -0.2) is 11.1 Å². The minimum atomic E-state index is -0.962. The van der Waals surface area contributed by atoms with Gasteiger partial charge in [-0.05, 0) is 29.7 Å². The minimum absolute atomic E-state index is 0.0416. The molecule has 17 heavy (non-hydrogen) atoms. The predicted octanol–water partition coefficient (Wildman–Crippen LogP) is 2.75. The van der Waals surface area contributed by atoms with Gasteiger partial charge in [0.15, 0.2) is 0 Å². The fourth-order valence-corrected chi connectivity index (χ4v) is 1.20. The molecule has 0 aromatic heterocycles. The molecule has 3 heteroatoms. The van der Waals surface area contributed by atoms with Gasteiger partial charge in [0, 0.05) is 0 Å². The van der Waals surface area contributed by atoms with Crippen molar-refractivity contribution in [3.63, 3.8) is 0 Å². The van der Waals surface area contributed by atoms with Gasteiger partial charge < -0.3 is 9.84 Å². The van der Waals surface area contributed by atoms with Crippen LogP contribution in [0.1, 0.15) is 21.4 Å². The van der Waals surface area contributed by atoms with Crippen LogP contribution < -0.4 is 0 Å². The Labute approximate surface area is 105 Å². The molecular formula is C14H12O3. The maximum atomic E-state index is 12.0. The Morgan fingerprint density at radius 3 is 2.47 bits per heavy atom. The Bertz CT molecular complexity index is 657. The van der Waals surface area contributed by atoms with Crippen molar-refractivity contribution in [3.05, 3.63) is 65.6 Å². The number of esters is 1. The molecule has 0 radical (unpaired) electrons. The first-order chi connectivity index (χ1) is 9.93. The lowest BCUT2D eigenvalue weighted by atomic mass is 10.2. The van der Waals surface area contributed by atoms with Gasteiger partial charge in [-0.15, -0.1) is 0 Å². The molecule has 86 valence electrons. The van der Waals surface area contributed by atoms with E-state index < -0.39 is 41.5 Å². The highest BCUT2D eigenvalue weighted by atomic mass is 16.5. The Morgan fingerprint density at radius 2 is 1.82 bits per heavy atom. The van der Waals surface area contributed by atoms with E-state index in [1.807, 2.05) is 6.07 Å². The van der Waals surface area contributed by atoms with Crippen molar-refractivity contribution in [1.29, 1.82) is 0 Å². The topological polar surface area (TPSA) is 46.5 Å². The zero-order chi connectivity index (χ0) is 15.6. The molecule has 0 aliphatic heterocycles. The monoisotopic (exact) mass is 232 g/mol. The molecule has 0 atom stereocenters. The van der Waals surface area contributed by atoms with Crippen LogP contribution in [0.15, 0.2) is 54.5 Å². The van der Waals surface area contributed by atoms with Crippen LogP contribution in [0.3, 0.4) is 0 Å². The number of carbonyl (C=O) groups excluding carboxylic acids is 1. The molecule has 2 rings (SSSR count). The molecule has 0 spiro atoms. The highest BCUT2D eigenvalue weighted by molar-refractivity contribution is 5.89. The van der Waals surface area contributed by atoms with Crippen molar-refractivity contribution in [2.45, 2.75) is 6.61 Å². The average Bonchev–Trinajstić information content (AvgIpc) is 2.50. The highest BCUT2D eigenvalue weighted by Gasteiger charge is 2.06. The third-order valence-corrected chi connectivity index (χ3v) is 2.03. The molecule has 3 nitrogen and oxygen atoms in total. The molecule has 1 N–H and O–H groups in total. The third-order valence-electron chi connectivity index (χ3n) is 2.03. The molecule has 0 saturated heterocycles. The second-order valence-corrected chi connectivity index (χ2v) is 3.29. The van der Waals surface area contributed by atoms with Gasteiger partial charge in [0.1, 0.15) is 12.4 Å². The van der Waals surface area contributed by atoms with Crippen molar-refractivity contribution >= 4 is 5.97 Å². The first-order valence-electron chi connectivity index (χ1n) is 6.93. The zero-order valence-electron chi connectivity index (χ0n) is 12.9. The number of aromatic hydroxyl groups is 1. The molecule has 0 amide bonds. The molecule has 0 aliphatic carbocycles. The summed E-state index contributed by atoms with van der Waals surface area (Å²) >= 11 is 0. The summed E-state index contributed by atoms with van der Waals surface area (Å²) in [4.78, 5) is 12.0. The van der Waals surface area contributed by atoms with E-state index in [-0.39, 0.29) is 6.61 Å². The predicted molar refractivity (Wildman–Crippen MR) is 63.7 cm³/mol. The van der Waals surface area contributed by atoms with Gasteiger partial charge in [0.05, 0.1) is 11.0 Å². The van der Waals surface area contributed by atoms with Crippen LogP contribution >= 0.6 is 0 Å². The molecule has 0 heterocycles. The van der Waals surface area contributed by atoms with Crippen molar-refractivity contribution in [1.82, 2.24) is 0 Å². The summed E-state index contributed by atoms with van der Waals surface area (Å²) in [5, 5.41) is 9.41. The number of hydrogen-bond donors (Lipinski definition) is 1. The Hall–Kier alpha value is -2.29. The molecule has 0 aliphatic rings. The smallest absolute Gasteiger partial charge is 0.338 e. The quantitative estimate of drug-likeness (QED) is 0.828. The van der Waals surface area contributed by atoms with Crippen molar-refractivity contribution in [2.24, 2.45) is 0 Å².